The van der Waals surface area contributed by atoms with Crippen LogP contribution in [0.15, 0.2) is 30.3 Å². The number of aliphatic hydroxyl groups excluding tert-OH is 2. The van der Waals surface area contributed by atoms with E-state index in [1.54, 1.807) is 0 Å². The topological polar surface area (TPSA) is 57.5 Å². The highest BCUT2D eigenvalue weighted by atomic mass is 16.3. The van der Waals surface area contributed by atoms with Crippen molar-refractivity contribution in [3.05, 3.63) is 35.9 Å². The predicted molar refractivity (Wildman–Crippen MR) is 76.1 cm³/mol. The highest BCUT2D eigenvalue weighted by molar-refractivity contribution is 5.88. The van der Waals surface area contributed by atoms with Crippen molar-refractivity contribution in [3.8, 4) is 0 Å². The van der Waals surface area contributed by atoms with Gasteiger partial charge in [0.1, 0.15) is 5.78 Å². The SMILES string of the molecule is O=C1CC2C1CC(O)C2CCC(O)Cc1ccccc1. The lowest BCUT2D eigenvalue weighted by Crippen LogP contribution is -2.36. The molecule has 3 rings (SSSR count). The van der Waals surface area contributed by atoms with Crippen LogP contribution in [0.5, 0.6) is 0 Å². The van der Waals surface area contributed by atoms with Crippen LogP contribution >= 0.6 is 0 Å². The first-order valence-corrected chi connectivity index (χ1v) is 7.58. The molecule has 3 nitrogen and oxygen atoms in total. The molecule has 0 saturated heterocycles. The maximum Gasteiger partial charge on any atom is 0.136 e. The molecule has 2 aliphatic carbocycles. The highest BCUT2D eigenvalue weighted by Crippen LogP contribution is 2.49. The van der Waals surface area contributed by atoms with E-state index in [-0.39, 0.29) is 24.0 Å². The predicted octanol–water partition coefficient (Wildman–Crippen LogP) is 1.96. The summed E-state index contributed by atoms with van der Waals surface area (Å²) in [6.45, 7) is 0. The maximum absolute atomic E-state index is 11.4. The molecule has 0 spiro atoms. The number of Topliss-reactive ketones (excluding diaryl/α,β-unsaturated/α-hetero) is 1. The van der Waals surface area contributed by atoms with E-state index in [0.717, 1.165) is 12.0 Å². The van der Waals surface area contributed by atoms with E-state index < -0.39 is 0 Å². The van der Waals surface area contributed by atoms with Crippen LogP contribution in [0.3, 0.4) is 0 Å². The molecule has 0 amide bonds. The Hall–Kier alpha value is -1.19. The van der Waals surface area contributed by atoms with E-state index in [9.17, 15) is 15.0 Å². The van der Waals surface area contributed by atoms with Crippen molar-refractivity contribution < 1.29 is 15.0 Å². The fraction of sp³-hybridized carbons (Fsp3) is 0.588. The monoisotopic (exact) mass is 274 g/mol. The smallest absolute Gasteiger partial charge is 0.136 e. The van der Waals surface area contributed by atoms with Crippen molar-refractivity contribution >= 4 is 5.78 Å². The first-order chi connectivity index (χ1) is 9.65. The Bertz CT molecular complexity index is 470. The second-order valence-electron chi connectivity index (χ2n) is 6.33. The Kier molecular flexibility index (Phi) is 3.90. The summed E-state index contributed by atoms with van der Waals surface area (Å²) in [7, 11) is 0. The normalized spacial score (nSPS) is 33.6. The lowest BCUT2D eigenvalue weighted by molar-refractivity contribution is -0.133. The summed E-state index contributed by atoms with van der Waals surface area (Å²) in [5.41, 5.74) is 1.14. The van der Waals surface area contributed by atoms with Gasteiger partial charge in [-0.3, -0.25) is 4.79 Å². The van der Waals surface area contributed by atoms with Crippen molar-refractivity contribution in [1.29, 1.82) is 0 Å². The number of carbonyl (C=O) groups excluding carboxylic acids is 1. The summed E-state index contributed by atoms with van der Waals surface area (Å²) in [5, 5.41) is 20.2. The van der Waals surface area contributed by atoms with Gasteiger partial charge >= 0.3 is 0 Å². The zero-order valence-electron chi connectivity index (χ0n) is 11.6. The van der Waals surface area contributed by atoms with Crippen LogP contribution in [-0.4, -0.2) is 28.2 Å². The molecule has 0 heterocycles. The van der Waals surface area contributed by atoms with Crippen LogP contribution in [-0.2, 0) is 11.2 Å². The fourth-order valence-electron chi connectivity index (χ4n) is 3.86. The van der Waals surface area contributed by atoms with Crippen molar-refractivity contribution in [3.63, 3.8) is 0 Å². The molecule has 0 radical (unpaired) electrons. The standard InChI is InChI=1S/C17H22O3/c18-12(8-11-4-2-1-3-5-11)6-7-13-14-9-17(20)15(14)10-16(13)19/h1-5,12-16,18-19H,6-10H2. The Morgan fingerprint density at radius 2 is 2.00 bits per heavy atom. The summed E-state index contributed by atoms with van der Waals surface area (Å²) >= 11 is 0. The lowest BCUT2D eigenvalue weighted by atomic mass is 9.70. The molecule has 1 aromatic rings. The highest BCUT2D eigenvalue weighted by Gasteiger charge is 2.52. The number of ketones is 1. The van der Waals surface area contributed by atoms with Gasteiger partial charge in [-0.15, -0.1) is 0 Å². The van der Waals surface area contributed by atoms with Crippen molar-refractivity contribution in [2.24, 2.45) is 17.8 Å². The largest absolute Gasteiger partial charge is 0.393 e. The van der Waals surface area contributed by atoms with Gasteiger partial charge in [0, 0.05) is 12.3 Å². The van der Waals surface area contributed by atoms with E-state index in [4.69, 9.17) is 0 Å². The molecular weight excluding hydrogens is 252 g/mol. The summed E-state index contributed by atoms with van der Waals surface area (Å²) in [6.07, 6.45) is 2.76. The van der Waals surface area contributed by atoms with E-state index >= 15 is 0 Å². The molecule has 2 fully saturated rings. The van der Waals surface area contributed by atoms with E-state index in [2.05, 4.69) is 0 Å². The third-order valence-corrected chi connectivity index (χ3v) is 5.05. The van der Waals surface area contributed by atoms with Crippen LogP contribution < -0.4 is 0 Å². The summed E-state index contributed by atoms with van der Waals surface area (Å²) < 4.78 is 0. The summed E-state index contributed by atoms with van der Waals surface area (Å²) in [6, 6.07) is 9.97. The average molecular weight is 274 g/mol. The Balaban J connectivity index is 1.48. The van der Waals surface area contributed by atoms with E-state index in [1.165, 1.54) is 0 Å². The molecule has 0 aromatic heterocycles. The third kappa shape index (κ3) is 2.65. The Morgan fingerprint density at radius 1 is 1.25 bits per heavy atom. The first-order valence-electron chi connectivity index (χ1n) is 7.58. The molecule has 20 heavy (non-hydrogen) atoms. The Labute approximate surface area is 119 Å². The quantitative estimate of drug-likeness (QED) is 0.863. The van der Waals surface area contributed by atoms with Crippen LogP contribution in [0, 0.1) is 17.8 Å². The van der Waals surface area contributed by atoms with Crippen LogP contribution in [0.2, 0.25) is 0 Å². The molecule has 2 aliphatic rings. The van der Waals surface area contributed by atoms with Crippen LogP contribution in [0.25, 0.3) is 0 Å². The number of benzene rings is 1. The van der Waals surface area contributed by atoms with E-state index in [1.807, 2.05) is 30.3 Å². The molecule has 1 aromatic carbocycles. The maximum atomic E-state index is 11.4. The number of rotatable bonds is 5. The van der Waals surface area contributed by atoms with Gasteiger partial charge in [0.25, 0.3) is 0 Å². The third-order valence-electron chi connectivity index (χ3n) is 5.05. The fourth-order valence-corrected chi connectivity index (χ4v) is 3.86. The van der Waals surface area contributed by atoms with Gasteiger partial charge in [0.2, 0.25) is 0 Å². The van der Waals surface area contributed by atoms with Gasteiger partial charge in [0.15, 0.2) is 0 Å². The molecular formula is C17H22O3. The minimum absolute atomic E-state index is 0.112. The first kappa shape index (κ1) is 13.8. The van der Waals surface area contributed by atoms with Gasteiger partial charge in [-0.2, -0.15) is 0 Å². The summed E-state index contributed by atoms with van der Waals surface area (Å²) in [5.74, 6) is 1.02. The van der Waals surface area contributed by atoms with Crippen molar-refractivity contribution in [2.75, 3.05) is 0 Å². The van der Waals surface area contributed by atoms with Crippen LogP contribution in [0.1, 0.15) is 31.2 Å². The number of hydrogen-bond acceptors (Lipinski definition) is 3. The van der Waals surface area contributed by atoms with Crippen molar-refractivity contribution in [1.82, 2.24) is 0 Å². The lowest BCUT2D eigenvalue weighted by Gasteiger charge is -2.32. The molecule has 0 aliphatic heterocycles. The molecule has 2 saturated carbocycles. The number of hydrogen-bond donors (Lipinski definition) is 2. The number of fused-ring (bicyclic) bond motifs is 1. The molecule has 2 N–H and O–H groups in total. The molecule has 3 heteroatoms. The second kappa shape index (κ2) is 5.66. The van der Waals surface area contributed by atoms with E-state index in [0.29, 0.717) is 37.4 Å². The zero-order chi connectivity index (χ0) is 14.1. The van der Waals surface area contributed by atoms with Gasteiger partial charge in [-0.25, -0.2) is 0 Å². The minimum atomic E-state index is -0.362. The summed E-state index contributed by atoms with van der Waals surface area (Å²) in [4.78, 5) is 11.4. The molecule has 108 valence electrons. The number of aliphatic hydroxyl groups is 2. The zero-order valence-corrected chi connectivity index (χ0v) is 11.6. The minimum Gasteiger partial charge on any atom is -0.393 e. The molecule has 0 bridgehead atoms. The average Bonchev–Trinajstić information content (AvgIpc) is 2.69. The molecule has 5 atom stereocenters. The van der Waals surface area contributed by atoms with Gasteiger partial charge in [-0.05, 0) is 43.1 Å². The van der Waals surface area contributed by atoms with Crippen molar-refractivity contribution in [2.45, 2.75) is 44.3 Å². The second-order valence-corrected chi connectivity index (χ2v) is 6.33. The van der Waals surface area contributed by atoms with Gasteiger partial charge in [0.05, 0.1) is 12.2 Å². The van der Waals surface area contributed by atoms with Crippen LogP contribution in [0.4, 0.5) is 0 Å². The Morgan fingerprint density at radius 3 is 2.65 bits per heavy atom. The molecule has 5 unspecified atom stereocenters. The number of carbonyl (C=O) groups is 1. The van der Waals surface area contributed by atoms with Gasteiger partial charge < -0.3 is 10.2 Å². The van der Waals surface area contributed by atoms with Gasteiger partial charge in [-0.1, -0.05) is 30.3 Å².